The number of carbonyl (C=O) groups is 2. The Kier molecular flexibility index (Phi) is 8.08. The van der Waals surface area contributed by atoms with Crippen LogP contribution in [0.5, 0.6) is 0 Å². The highest BCUT2D eigenvalue weighted by molar-refractivity contribution is 6.05. The molecule has 2 aromatic carbocycles. The standard InChI is InChI=1S/C32H37N7O4/c1-20-26(30(41)39(37(20)5)24-11-7-6-8-12-24)29(40)35-23-15-13-21(14-16-23)27-28(33)34-18-25(36-27)22-10-9-17-38(19-22)31(42)43-32(2,3)4/h6-8,11-16,18,22H,9-10,17,19H2,1-5H3,(H2,33,34)(H,35,40). The molecule has 0 aliphatic carbocycles. The highest BCUT2D eigenvalue weighted by Crippen LogP contribution is 2.30. The first kappa shape index (κ1) is 29.6. The quantitative estimate of drug-likeness (QED) is 0.341. The van der Waals surface area contributed by atoms with Crippen LogP contribution in [0.15, 0.2) is 65.6 Å². The minimum atomic E-state index is -0.564. The van der Waals surface area contributed by atoms with Crippen LogP contribution in [0, 0.1) is 6.92 Å². The molecular weight excluding hydrogens is 546 g/mol. The Balaban J connectivity index is 1.33. The van der Waals surface area contributed by atoms with Crippen molar-refractivity contribution in [2.45, 2.75) is 52.1 Å². The number of likely N-dealkylation sites (tertiary alicyclic amines) is 1. The molecule has 5 rings (SSSR count). The van der Waals surface area contributed by atoms with Gasteiger partial charge in [0.15, 0.2) is 0 Å². The number of para-hydroxylation sites is 1. The molecule has 2 aromatic heterocycles. The van der Waals surface area contributed by atoms with Gasteiger partial charge in [0, 0.05) is 37.3 Å². The Morgan fingerprint density at radius 1 is 1.07 bits per heavy atom. The van der Waals surface area contributed by atoms with Crippen LogP contribution in [0.2, 0.25) is 0 Å². The van der Waals surface area contributed by atoms with E-state index >= 15 is 0 Å². The average molecular weight is 584 g/mol. The zero-order chi connectivity index (χ0) is 30.9. The number of ether oxygens (including phenoxy) is 1. The zero-order valence-electron chi connectivity index (χ0n) is 25.1. The van der Waals surface area contributed by atoms with Gasteiger partial charge in [0.05, 0.1) is 23.3 Å². The first-order valence-electron chi connectivity index (χ1n) is 14.3. The van der Waals surface area contributed by atoms with Crippen LogP contribution in [0.4, 0.5) is 16.3 Å². The van der Waals surface area contributed by atoms with Crippen LogP contribution >= 0.6 is 0 Å². The number of hydrogen-bond donors (Lipinski definition) is 2. The largest absolute Gasteiger partial charge is 0.444 e. The molecule has 1 unspecified atom stereocenters. The van der Waals surface area contributed by atoms with Crippen molar-refractivity contribution in [2.24, 2.45) is 7.05 Å². The summed E-state index contributed by atoms with van der Waals surface area (Å²) in [6.45, 7) is 8.42. The van der Waals surface area contributed by atoms with Crippen molar-refractivity contribution in [2.75, 3.05) is 24.1 Å². The van der Waals surface area contributed by atoms with Gasteiger partial charge in [-0.25, -0.2) is 19.4 Å². The van der Waals surface area contributed by atoms with E-state index < -0.39 is 17.1 Å². The van der Waals surface area contributed by atoms with E-state index in [1.165, 1.54) is 4.68 Å². The van der Waals surface area contributed by atoms with Gasteiger partial charge in [0.2, 0.25) is 0 Å². The molecule has 0 spiro atoms. The molecule has 1 atom stereocenters. The maximum atomic E-state index is 13.2. The number of amides is 2. The Hall–Kier alpha value is -4.93. The zero-order valence-corrected chi connectivity index (χ0v) is 25.1. The van der Waals surface area contributed by atoms with Crippen LogP contribution in [-0.4, -0.2) is 54.9 Å². The first-order valence-corrected chi connectivity index (χ1v) is 14.3. The van der Waals surface area contributed by atoms with E-state index in [1.807, 2.05) is 51.1 Å². The number of benzene rings is 2. The van der Waals surface area contributed by atoms with E-state index in [-0.39, 0.29) is 23.4 Å². The summed E-state index contributed by atoms with van der Waals surface area (Å²) in [6.07, 6.45) is 3.04. The van der Waals surface area contributed by atoms with Crippen molar-refractivity contribution in [3.05, 3.63) is 88.1 Å². The normalized spacial score (nSPS) is 15.3. The van der Waals surface area contributed by atoms with Gasteiger partial charge in [-0.1, -0.05) is 30.3 Å². The van der Waals surface area contributed by atoms with Gasteiger partial charge in [-0.3, -0.25) is 14.3 Å². The third kappa shape index (κ3) is 6.30. The molecule has 0 bridgehead atoms. The van der Waals surface area contributed by atoms with Crippen molar-refractivity contribution in [3.8, 4) is 16.9 Å². The number of nitrogens with one attached hydrogen (secondary N) is 1. The van der Waals surface area contributed by atoms with Gasteiger partial charge in [-0.2, -0.15) is 0 Å². The summed E-state index contributed by atoms with van der Waals surface area (Å²) in [5, 5.41) is 2.84. The summed E-state index contributed by atoms with van der Waals surface area (Å²) < 4.78 is 8.70. The molecule has 4 aromatic rings. The number of hydrogen-bond acceptors (Lipinski definition) is 7. The number of aromatic nitrogens is 4. The molecular formula is C32H37N7O4. The molecule has 0 saturated carbocycles. The summed E-state index contributed by atoms with van der Waals surface area (Å²) in [5.41, 5.74) is 9.09. The first-order chi connectivity index (χ1) is 20.4. The van der Waals surface area contributed by atoms with Gasteiger partial charge in [0.25, 0.3) is 11.5 Å². The third-order valence-electron chi connectivity index (χ3n) is 7.51. The number of rotatable bonds is 5. The molecule has 43 heavy (non-hydrogen) atoms. The van der Waals surface area contributed by atoms with E-state index in [2.05, 4.69) is 10.3 Å². The lowest BCUT2D eigenvalue weighted by Gasteiger charge is -2.34. The number of nitrogens with two attached hydrogens (primary N) is 1. The van der Waals surface area contributed by atoms with Gasteiger partial charge >= 0.3 is 6.09 Å². The lowest BCUT2D eigenvalue weighted by molar-refractivity contribution is 0.0197. The number of nitrogen functional groups attached to an aromatic ring is 1. The number of anilines is 2. The molecule has 224 valence electrons. The summed E-state index contributed by atoms with van der Waals surface area (Å²) in [5.74, 6) is -0.212. The number of carbonyl (C=O) groups excluding carboxylic acids is 2. The summed E-state index contributed by atoms with van der Waals surface area (Å²) in [6, 6.07) is 16.2. The van der Waals surface area contributed by atoms with Crippen LogP contribution in [0.3, 0.4) is 0 Å². The fraction of sp³-hybridized carbons (Fsp3) is 0.344. The van der Waals surface area contributed by atoms with E-state index in [0.29, 0.717) is 35.9 Å². The van der Waals surface area contributed by atoms with E-state index in [4.69, 9.17) is 15.5 Å². The van der Waals surface area contributed by atoms with Crippen molar-refractivity contribution in [3.63, 3.8) is 0 Å². The Labute approximate surface area is 250 Å². The predicted molar refractivity (Wildman–Crippen MR) is 165 cm³/mol. The SMILES string of the molecule is Cc1c(C(=O)Nc2ccc(-c3nc(C4CCCN(C(=O)OC(C)(C)C)C4)cnc3N)cc2)c(=O)n(-c2ccccc2)n1C. The highest BCUT2D eigenvalue weighted by Gasteiger charge is 2.29. The van der Waals surface area contributed by atoms with Crippen molar-refractivity contribution in [1.82, 2.24) is 24.2 Å². The lowest BCUT2D eigenvalue weighted by atomic mass is 9.95. The maximum absolute atomic E-state index is 13.2. The highest BCUT2D eigenvalue weighted by atomic mass is 16.6. The predicted octanol–water partition coefficient (Wildman–Crippen LogP) is 4.89. The molecule has 3 heterocycles. The second kappa shape index (κ2) is 11.7. The lowest BCUT2D eigenvalue weighted by Crippen LogP contribution is -2.42. The fourth-order valence-corrected chi connectivity index (χ4v) is 5.27. The minimum absolute atomic E-state index is 0.000672. The molecule has 0 radical (unpaired) electrons. The minimum Gasteiger partial charge on any atom is -0.444 e. The number of nitrogens with zero attached hydrogens (tertiary/aromatic N) is 5. The molecule has 1 fully saturated rings. The Morgan fingerprint density at radius 2 is 1.77 bits per heavy atom. The van der Waals surface area contributed by atoms with E-state index in [0.717, 1.165) is 24.1 Å². The van der Waals surface area contributed by atoms with Gasteiger partial charge < -0.3 is 20.7 Å². The van der Waals surface area contributed by atoms with Crippen LogP contribution < -0.4 is 16.6 Å². The molecule has 1 saturated heterocycles. The molecule has 11 heteroatoms. The van der Waals surface area contributed by atoms with Crippen molar-refractivity contribution < 1.29 is 14.3 Å². The Morgan fingerprint density at radius 3 is 2.44 bits per heavy atom. The average Bonchev–Trinajstić information content (AvgIpc) is 3.20. The monoisotopic (exact) mass is 583 g/mol. The van der Waals surface area contributed by atoms with Crippen LogP contribution in [0.1, 0.15) is 61.3 Å². The van der Waals surface area contributed by atoms with Crippen molar-refractivity contribution >= 4 is 23.5 Å². The second-order valence-electron chi connectivity index (χ2n) is 11.8. The molecule has 1 aliphatic rings. The molecule has 2 amide bonds. The molecule has 11 nitrogen and oxygen atoms in total. The van der Waals surface area contributed by atoms with E-state index in [1.54, 1.807) is 54.0 Å². The summed E-state index contributed by atoms with van der Waals surface area (Å²) in [7, 11) is 1.75. The molecule has 3 N–H and O–H groups in total. The van der Waals surface area contributed by atoms with E-state index in [9.17, 15) is 14.4 Å². The number of piperidine rings is 1. The fourth-order valence-electron chi connectivity index (χ4n) is 5.27. The van der Waals surface area contributed by atoms with Gasteiger partial charge in [-0.15, -0.1) is 0 Å². The van der Waals surface area contributed by atoms with Gasteiger partial charge in [0.1, 0.15) is 22.7 Å². The summed E-state index contributed by atoms with van der Waals surface area (Å²) in [4.78, 5) is 50.0. The van der Waals surface area contributed by atoms with Gasteiger partial charge in [-0.05, 0) is 64.8 Å². The Bertz CT molecular complexity index is 1700. The van der Waals surface area contributed by atoms with Crippen molar-refractivity contribution in [1.29, 1.82) is 0 Å². The topological polar surface area (TPSA) is 137 Å². The smallest absolute Gasteiger partial charge is 0.410 e. The third-order valence-corrected chi connectivity index (χ3v) is 7.51. The maximum Gasteiger partial charge on any atom is 0.410 e. The second-order valence-corrected chi connectivity index (χ2v) is 11.8. The van der Waals surface area contributed by atoms with Crippen LogP contribution in [0.25, 0.3) is 16.9 Å². The van der Waals surface area contributed by atoms with Crippen LogP contribution in [-0.2, 0) is 11.8 Å². The molecule has 1 aliphatic heterocycles. The summed E-state index contributed by atoms with van der Waals surface area (Å²) >= 11 is 0.